The molecule has 0 aromatic heterocycles. The molecule has 12 N–H and O–H groups in total. The fraction of sp³-hybridized carbons (Fsp3) is 0.881. The van der Waals surface area contributed by atoms with Crippen LogP contribution in [0.1, 0.15) is 244 Å². The van der Waals surface area contributed by atoms with Crippen molar-refractivity contribution in [2.75, 3.05) is 19.8 Å². The summed E-state index contributed by atoms with van der Waals surface area (Å²) in [5.74, 6) is -10.7. The van der Waals surface area contributed by atoms with Crippen molar-refractivity contribution in [1.82, 2.24) is 21.3 Å². The maximum atomic E-state index is 14.4. The molecule has 20 atom stereocenters. The van der Waals surface area contributed by atoms with Crippen LogP contribution in [0.25, 0.3) is 0 Å². The minimum Gasteiger partial charge on any atom is -0.393 e. The smallest absolute Gasteiger partial charge is 0.393 e. The molecule has 0 bridgehead atoms. The Labute approximate surface area is 559 Å². The topological polar surface area (TPSA) is 386 Å². The van der Waals surface area contributed by atoms with Gasteiger partial charge in [-0.3, -0.25) is 23.7 Å². The second kappa shape index (κ2) is 27.0. The lowest BCUT2D eigenvalue weighted by atomic mass is 9.56. The summed E-state index contributed by atoms with van der Waals surface area (Å²) in [7, 11) is -5.25. The molecule has 4 aliphatic heterocycles. The van der Waals surface area contributed by atoms with Crippen molar-refractivity contribution in [1.29, 1.82) is 0 Å². The summed E-state index contributed by atoms with van der Waals surface area (Å²) < 4.78 is 89.0. The van der Waals surface area contributed by atoms with E-state index in [0.717, 1.165) is 46.0 Å². The first kappa shape index (κ1) is 83.1. The molecule has 4 rings (SSSR count). The largest absolute Gasteiger partial charge is 0.397 e. The third-order valence-corrected chi connectivity index (χ3v) is 24.9. The van der Waals surface area contributed by atoms with Gasteiger partial charge in [0.05, 0.1) is 30.5 Å². The van der Waals surface area contributed by atoms with Crippen LogP contribution < -0.4 is 21.3 Å². The molecule has 0 saturated carbocycles. The zero-order valence-corrected chi connectivity index (χ0v) is 61.8. The summed E-state index contributed by atoms with van der Waals surface area (Å²) in [5.41, 5.74) is -37.7. The zero-order chi connectivity index (χ0) is 73.1. The standard InChI is InChI=1S/C67H120N4O22S/c1-26-28-29-30-31-32-33-34-35-36-37-38-39-40-48(77)71-54(12)59(17,80)57(15,78)49(7,27-2)88-65(54,23)91-62(20)50(8,41-72)89-66(24,55(13,60(62,18)81)69-46(5)75)92-63(21)51(9,42-73)90-67(25,56(14,61(63,19)82)70-47(6)76)93-64(22)52(10,43-86-94(83,84)85)87-44(3)53(11,58(64,16)79)68-45(4)74/h32-33,39-40,44,72-73,78-82H,26-31,34-38,41-43H2,1-25H3,(H,68,74)(H,69,75)(H,70,76)(H,71,77)(H,83,84,85)/b33-32+,40-39+/t44?,49?,50?,51?,52?,53?,54?,55?,56?,57-,58-,59-,60-,61-,62-,63-,64-,65+,66+,67+/m1/s1. The predicted molar refractivity (Wildman–Crippen MR) is 350 cm³/mol. The van der Waals surface area contributed by atoms with E-state index in [-0.39, 0.29) is 6.42 Å². The van der Waals surface area contributed by atoms with E-state index in [2.05, 4.69) is 40.3 Å². The first-order chi connectivity index (χ1) is 42.2. The fourth-order valence-electron chi connectivity index (χ4n) is 15.6. The first-order valence-corrected chi connectivity index (χ1v) is 34.4. The number of rotatable bonds is 28. The number of carbonyl (C=O) groups excluding carboxylic acids is 4. The molecule has 4 saturated heterocycles. The van der Waals surface area contributed by atoms with E-state index in [4.69, 9.17) is 37.3 Å². The number of amides is 4. The van der Waals surface area contributed by atoms with Gasteiger partial charge in [0.25, 0.3) is 0 Å². The summed E-state index contributed by atoms with van der Waals surface area (Å²) in [5, 5.41) is 102. The third kappa shape index (κ3) is 12.9. The number of ether oxygens (including phenoxy) is 7. The van der Waals surface area contributed by atoms with Gasteiger partial charge in [0, 0.05) is 20.8 Å². The maximum absolute atomic E-state index is 14.4. The van der Waals surface area contributed by atoms with Gasteiger partial charge in [0.2, 0.25) is 23.6 Å². The second-order valence-electron chi connectivity index (χ2n) is 30.4. The molecule has 0 aromatic carbocycles. The van der Waals surface area contributed by atoms with Crippen LogP contribution in [0.4, 0.5) is 0 Å². The normalized spacial score (nSPS) is 46.8. The predicted octanol–water partition coefficient (Wildman–Crippen LogP) is 5.57. The first-order valence-electron chi connectivity index (χ1n) is 33.1. The Hall–Kier alpha value is -3.33. The molecular weight excluding hydrogens is 1240 g/mol. The molecule has 546 valence electrons. The van der Waals surface area contributed by atoms with Gasteiger partial charge in [0.1, 0.15) is 84.8 Å². The molecule has 4 aliphatic rings. The van der Waals surface area contributed by atoms with Crippen LogP contribution in [0.3, 0.4) is 0 Å². The Kier molecular flexibility index (Phi) is 23.8. The Morgan fingerprint density at radius 1 is 0.468 bits per heavy atom. The van der Waals surface area contributed by atoms with Crippen molar-refractivity contribution in [3.8, 4) is 0 Å². The van der Waals surface area contributed by atoms with Crippen molar-refractivity contribution in [2.45, 2.75) is 357 Å². The lowest BCUT2D eigenvalue weighted by Crippen LogP contribution is -2.95. The molecule has 0 radical (unpaired) electrons. The average Bonchev–Trinajstić information content (AvgIpc) is 0.663. The molecule has 4 heterocycles. The number of unbranched alkanes of at least 4 members (excludes halogenated alkanes) is 8. The minimum absolute atomic E-state index is 0.0274. The van der Waals surface area contributed by atoms with Gasteiger partial charge in [-0.05, 0) is 189 Å². The van der Waals surface area contributed by atoms with E-state index in [0.29, 0.717) is 6.42 Å². The third-order valence-electron chi connectivity index (χ3n) is 24.5. The van der Waals surface area contributed by atoms with E-state index in [1.807, 2.05) is 0 Å². The summed E-state index contributed by atoms with van der Waals surface area (Å²) in [6, 6.07) is 0. The molecule has 4 fully saturated rings. The van der Waals surface area contributed by atoms with Crippen molar-refractivity contribution < 1.29 is 105 Å². The quantitative estimate of drug-likeness (QED) is 0.0197. The number of hydrogen-bond donors (Lipinski definition) is 12. The van der Waals surface area contributed by atoms with Gasteiger partial charge in [-0.1, -0.05) is 57.8 Å². The van der Waals surface area contributed by atoms with Crippen LogP contribution in [0, 0.1) is 0 Å². The molecule has 94 heavy (non-hydrogen) atoms. The van der Waals surface area contributed by atoms with E-state index in [9.17, 15) is 67.9 Å². The lowest BCUT2D eigenvalue weighted by Gasteiger charge is -2.75. The highest BCUT2D eigenvalue weighted by Crippen LogP contribution is 2.66. The number of aliphatic hydroxyl groups excluding tert-OH is 2. The van der Waals surface area contributed by atoms with Crippen molar-refractivity contribution in [2.24, 2.45) is 0 Å². The maximum Gasteiger partial charge on any atom is 0.397 e. The van der Waals surface area contributed by atoms with E-state index in [1.165, 1.54) is 177 Å². The highest BCUT2D eigenvalue weighted by molar-refractivity contribution is 7.80. The number of allylic oxidation sites excluding steroid dienone is 3. The Bertz CT molecular complexity index is 2950. The van der Waals surface area contributed by atoms with Crippen LogP contribution >= 0.6 is 0 Å². The zero-order valence-electron chi connectivity index (χ0n) is 61.0. The summed E-state index contributed by atoms with van der Waals surface area (Å²) in [6.45, 7) is 30.5. The van der Waals surface area contributed by atoms with Crippen LogP contribution in [0.15, 0.2) is 24.3 Å². The molecule has 0 aliphatic carbocycles. The Balaban J connectivity index is 1.98. The second-order valence-corrected chi connectivity index (χ2v) is 31.5. The van der Waals surface area contributed by atoms with E-state index >= 15 is 0 Å². The molecule has 26 nitrogen and oxygen atoms in total. The van der Waals surface area contributed by atoms with Crippen molar-refractivity contribution in [3.05, 3.63) is 24.3 Å². The number of aliphatic hydroxyl groups is 7. The van der Waals surface area contributed by atoms with Gasteiger partial charge in [-0.15, -0.1) is 0 Å². The van der Waals surface area contributed by atoms with Crippen molar-refractivity contribution in [3.63, 3.8) is 0 Å². The van der Waals surface area contributed by atoms with Gasteiger partial charge >= 0.3 is 10.4 Å². The molecule has 0 aromatic rings. The van der Waals surface area contributed by atoms with E-state index in [1.54, 1.807) is 13.0 Å². The minimum atomic E-state index is -5.25. The van der Waals surface area contributed by atoms with Crippen LogP contribution in [-0.2, 0) is 66.9 Å². The average molecular weight is 1370 g/mol. The Morgan fingerprint density at radius 2 is 0.819 bits per heavy atom. The van der Waals surface area contributed by atoms with Gasteiger partial charge in [0.15, 0.2) is 17.4 Å². The van der Waals surface area contributed by atoms with Gasteiger partial charge in [-0.25, -0.2) is 4.18 Å². The van der Waals surface area contributed by atoms with E-state index < -0.39 is 167 Å². The SMILES string of the molecule is CCCCCC/C=C/CCCCC/C=C/C(=O)NC1(C)[C@](C)(O[C@]2(C)C(C)(CO)O[C@@](C)(O[C@]3(C)C(C)(CO)O[C@@](C)(O[C@]4(C)C(C)(COS(=O)(=O)O)OC(C)C(C)(NC(C)=O)[C@@]4(C)O)C(C)(NC(C)=O)[C@@]3(C)O)C(C)(NC(C)=O)[C@@]2(C)O)OC(C)(CC)[C@@](C)(O)[C@]1(C)O. The summed E-state index contributed by atoms with van der Waals surface area (Å²) >= 11 is 0. The van der Waals surface area contributed by atoms with Gasteiger partial charge in [-0.2, -0.15) is 8.42 Å². The van der Waals surface area contributed by atoms with Crippen LogP contribution in [-0.4, -0.2) is 205 Å². The van der Waals surface area contributed by atoms with Crippen LogP contribution in [0.5, 0.6) is 0 Å². The molecule has 9 unspecified atom stereocenters. The molecular formula is C67H120N4O22S. The highest BCUT2D eigenvalue weighted by Gasteiger charge is 2.85. The van der Waals surface area contributed by atoms with Crippen LogP contribution in [0.2, 0.25) is 0 Å². The fourth-order valence-corrected chi connectivity index (χ4v) is 16.0. The number of nitrogens with one attached hydrogen (secondary N) is 4. The molecule has 0 spiro atoms. The molecule has 4 amide bonds. The van der Waals surface area contributed by atoms with Gasteiger partial charge < -0.3 is 90.2 Å². The summed E-state index contributed by atoms with van der Waals surface area (Å²) in [6.07, 6.45) is 16.3. The van der Waals surface area contributed by atoms with Crippen molar-refractivity contribution >= 4 is 34.0 Å². The number of hydrogen-bond acceptors (Lipinski definition) is 21. The lowest BCUT2D eigenvalue weighted by molar-refractivity contribution is -0.520. The monoisotopic (exact) mass is 1360 g/mol. The highest BCUT2D eigenvalue weighted by atomic mass is 32.3. The molecule has 27 heteroatoms. The Morgan fingerprint density at radius 3 is 1.17 bits per heavy atom. The summed E-state index contributed by atoms with van der Waals surface area (Å²) in [4.78, 5) is 55.3. The number of carbonyl (C=O) groups is 4.